The lowest BCUT2D eigenvalue weighted by molar-refractivity contribution is 0.173. The highest BCUT2D eigenvalue weighted by Gasteiger charge is 2.18. The van der Waals surface area contributed by atoms with Crippen LogP contribution in [0, 0.1) is 12.8 Å². The fourth-order valence-electron chi connectivity index (χ4n) is 3.62. The highest BCUT2D eigenvalue weighted by molar-refractivity contribution is 6.32. The molecule has 1 aromatic heterocycles. The second-order valence-corrected chi connectivity index (χ2v) is 7.80. The number of imidazole rings is 1. The quantitative estimate of drug-likeness (QED) is 0.635. The standard InChI is InChI=1S/C21H30ClN3O/c1-17-4-7-21(20(22)14-17)26-13-3-2-10-25-11-8-18(9-12-25)5-6-19-15-23-16-24-19/h4,7,14-16,18H,2-3,5-6,8-13H2,1H3,(H,23,24). The van der Waals surface area contributed by atoms with Crippen molar-refractivity contribution in [1.29, 1.82) is 0 Å². The molecule has 1 aliphatic heterocycles. The summed E-state index contributed by atoms with van der Waals surface area (Å²) in [6, 6.07) is 5.96. The van der Waals surface area contributed by atoms with Crippen molar-refractivity contribution < 1.29 is 4.74 Å². The molecule has 4 nitrogen and oxygen atoms in total. The summed E-state index contributed by atoms with van der Waals surface area (Å²) in [5.74, 6) is 1.66. The van der Waals surface area contributed by atoms with E-state index in [0.717, 1.165) is 36.7 Å². The highest BCUT2D eigenvalue weighted by Crippen LogP contribution is 2.25. The van der Waals surface area contributed by atoms with Crippen LogP contribution in [0.1, 0.15) is 43.4 Å². The number of likely N-dealkylation sites (tertiary alicyclic amines) is 1. The Bertz CT molecular complexity index is 651. The lowest BCUT2D eigenvalue weighted by Crippen LogP contribution is -2.34. The zero-order valence-electron chi connectivity index (χ0n) is 15.7. The number of halogens is 1. The number of aromatic nitrogens is 2. The van der Waals surface area contributed by atoms with Gasteiger partial charge < -0.3 is 14.6 Å². The fraction of sp³-hybridized carbons (Fsp3) is 0.571. The van der Waals surface area contributed by atoms with E-state index < -0.39 is 0 Å². The van der Waals surface area contributed by atoms with Crippen LogP contribution in [0.25, 0.3) is 0 Å². The molecule has 1 fully saturated rings. The monoisotopic (exact) mass is 375 g/mol. The van der Waals surface area contributed by atoms with Crippen molar-refractivity contribution >= 4 is 11.6 Å². The van der Waals surface area contributed by atoms with Gasteiger partial charge in [-0.05, 0) is 88.7 Å². The summed E-state index contributed by atoms with van der Waals surface area (Å²) >= 11 is 6.20. The van der Waals surface area contributed by atoms with Gasteiger partial charge in [0.15, 0.2) is 0 Å². The van der Waals surface area contributed by atoms with Crippen molar-refractivity contribution in [2.24, 2.45) is 5.92 Å². The molecule has 0 amide bonds. The van der Waals surface area contributed by atoms with Gasteiger partial charge in [0.1, 0.15) is 5.75 Å². The van der Waals surface area contributed by atoms with Gasteiger partial charge in [0, 0.05) is 11.9 Å². The fourth-order valence-corrected chi connectivity index (χ4v) is 3.91. The molecule has 142 valence electrons. The molecule has 1 aliphatic rings. The summed E-state index contributed by atoms with van der Waals surface area (Å²) in [6.07, 6.45) is 11.0. The molecule has 1 N–H and O–H groups in total. The number of nitrogens with one attached hydrogen (secondary N) is 1. The van der Waals surface area contributed by atoms with Gasteiger partial charge in [-0.25, -0.2) is 4.98 Å². The zero-order chi connectivity index (χ0) is 18.2. The number of aromatic amines is 1. The van der Waals surface area contributed by atoms with Gasteiger partial charge in [-0.1, -0.05) is 17.7 Å². The maximum absolute atomic E-state index is 6.20. The second kappa shape index (κ2) is 9.98. The van der Waals surface area contributed by atoms with Crippen LogP contribution < -0.4 is 4.74 Å². The first-order valence-corrected chi connectivity index (χ1v) is 10.2. The molecule has 1 saturated heterocycles. The molecule has 0 bridgehead atoms. The van der Waals surface area contributed by atoms with E-state index in [1.807, 2.05) is 31.3 Å². The summed E-state index contributed by atoms with van der Waals surface area (Å²) in [4.78, 5) is 9.90. The van der Waals surface area contributed by atoms with Crippen molar-refractivity contribution in [2.45, 2.75) is 45.4 Å². The summed E-state index contributed by atoms with van der Waals surface area (Å²) < 4.78 is 5.81. The Morgan fingerprint density at radius 3 is 2.85 bits per heavy atom. The van der Waals surface area contributed by atoms with Crippen molar-refractivity contribution in [3.8, 4) is 5.75 Å². The van der Waals surface area contributed by atoms with Crippen LogP contribution in [0.15, 0.2) is 30.7 Å². The van der Waals surface area contributed by atoms with Crippen LogP contribution in [0.5, 0.6) is 5.75 Å². The Morgan fingerprint density at radius 2 is 2.12 bits per heavy atom. The average molecular weight is 376 g/mol. The number of nitrogens with zero attached hydrogens (tertiary/aromatic N) is 2. The minimum atomic E-state index is 0.710. The van der Waals surface area contributed by atoms with Gasteiger partial charge >= 0.3 is 0 Å². The number of unbranched alkanes of at least 4 members (excludes halogenated alkanes) is 1. The van der Waals surface area contributed by atoms with E-state index in [-0.39, 0.29) is 0 Å². The molecule has 2 heterocycles. The first-order chi connectivity index (χ1) is 12.7. The Morgan fingerprint density at radius 1 is 1.27 bits per heavy atom. The Labute approximate surface area is 161 Å². The SMILES string of the molecule is Cc1ccc(OCCCCN2CCC(CCc3cnc[nH]3)CC2)c(Cl)c1. The second-order valence-electron chi connectivity index (χ2n) is 7.39. The number of ether oxygens (including phenoxy) is 1. The number of H-pyrrole nitrogens is 1. The third kappa shape index (κ3) is 6.03. The van der Waals surface area contributed by atoms with Gasteiger partial charge in [0.05, 0.1) is 18.0 Å². The predicted octanol–water partition coefficient (Wildman–Crippen LogP) is 4.88. The Kier molecular flexibility index (Phi) is 7.39. The summed E-state index contributed by atoms with van der Waals surface area (Å²) in [6.45, 7) is 6.43. The van der Waals surface area contributed by atoms with Gasteiger partial charge in [-0.15, -0.1) is 0 Å². The lowest BCUT2D eigenvalue weighted by atomic mass is 9.91. The van der Waals surface area contributed by atoms with E-state index in [4.69, 9.17) is 16.3 Å². The van der Waals surface area contributed by atoms with Crippen LogP contribution in [0.3, 0.4) is 0 Å². The molecule has 0 spiro atoms. The third-order valence-corrected chi connectivity index (χ3v) is 5.59. The molecule has 0 saturated carbocycles. The molecular formula is C21H30ClN3O. The van der Waals surface area contributed by atoms with Crippen LogP contribution in [0.4, 0.5) is 0 Å². The molecule has 2 aromatic rings. The van der Waals surface area contributed by atoms with Crippen LogP contribution >= 0.6 is 11.6 Å². The molecule has 5 heteroatoms. The first-order valence-electron chi connectivity index (χ1n) is 9.79. The average Bonchev–Trinajstić information content (AvgIpc) is 3.16. The summed E-state index contributed by atoms with van der Waals surface area (Å²) in [5.41, 5.74) is 2.43. The molecule has 26 heavy (non-hydrogen) atoms. The van der Waals surface area contributed by atoms with Gasteiger partial charge in [0.25, 0.3) is 0 Å². The van der Waals surface area contributed by atoms with E-state index >= 15 is 0 Å². The minimum absolute atomic E-state index is 0.710. The molecule has 0 unspecified atom stereocenters. The molecule has 3 rings (SSSR count). The number of rotatable bonds is 9. The van der Waals surface area contributed by atoms with Gasteiger partial charge in [0.2, 0.25) is 0 Å². The smallest absolute Gasteiger partial charge is 0.137 e. The summed E-state index contributed by atoms with van der Waals surface area (Å²) in [7, 11) is 0. The molecule has 1 aromatic carbocycles. The Balaban J connectivity index is 1.25. The number of benzene rings is 1. The number of piperidine rings is 1. The largest absolute Gasteiger partial charge is 0.492 e. The van der Waals surface area contributed by atoms with E-state index in [9.17, 15) is 0 Å². The van der Waals surface area contributed by atoms with Crippen LogP contribution in [-0.2, 0) is 6.42 Å². The van der Waals surface area contributed by atoms with E-state index in [1.165, 1.54) is 51.0 Å². The first kappa shape index (κ1) is 19.2. The maximum Gasteiger partial charge on any atom is 0.137 e. The highest BCUT2D eigenvalue weighted by atomic mass is 35.5. The maximum atomic E-state index is 6.20. The van der Waals surface area contributed by atoms with Crippen LogP contribution in [0.2, 0.25) is 5.02 Å². The van der Waals surface area contributed by atoms with Gasteiger partial charge in [-0.3, -0.25) is 0 Å². The van der Waals surface area contributed by atoms with E-state index in [1.54, 1.807) is 6.33 Å². The molecule has 0 atom stereocenters. The van der Waals surface area contributed by atoms with Crippen molar-refractivity contribution in [1.82, 2.24) is 14.9 Å². The van der Waals surface area contributed by atoms with E-state index in [2.05, 4.69) is 14.9 Å². The summed E-state index contributed by atoms with van der Waals surface area (Å²) in [5, 5.41) is 0.710. The van der Waals surface area contributed by atoms with Crippen molar-refractivity contribution in [3.05, 3.63) is 47.0 Å². The minimum Gasteiger partial charge on any atom is -0.492 e. The third-order valence-electron chi connectivity index (χ3n) is 5.30. The van der Waals surface area contributed by atoms with Gasteiger partial charge in [-0.2, -0.15) is 0 Å². The number of aryl methyl sites for hydroxylation is 2. The number of hydrogen-bond acceptors (Lipinski definition) is 3. The lowest BCUT2D eigenvalue weighted by Gasteiger charge is -2.31. The zero-order valence-corrected chi connectivity index (χ0v) is 16.5. The normalized spacial score (nSPS) is 16.1. The molecule has 0 radical (unpaired) electrons. The molecular weight excluding hydrogens is 346 g/mol. The van der Waals surface area contributed by atoms with E-state index in [0.29, 0.717) is 5.02 Å². The van der Waals surface area contributed by atoms with Crippen molar-refractivity contribution in [3.63, 3.8) is 0 Å². The topological polar surface area (TPSA) is 41.1 Å². The Hall–Kier alpha value is -1.52. The van der Waals surface area contributed by atoms with Crippen LogP contribution in [-0.4, -0.2) is 41.1 Å². The molecule has 0 aliphatic carbocycles. The predicted molar refractivity (Wildman–Crippen MR) is 107 cm³/mol. The van der Waals surface area contributed by atoms with Crippen molar-refractivity contribution in [2.75, 3.05) is 26.2 Å². The number of hydrogen-bond donors (Lipinski definition) is 1.